The Labute approximate surface area is 260 Å². The van der Waals surface area contributed by atoms with Crippen LogP contribution in [0.5, 0.6) is 5.75 Å². The topological polar surface area (TPSA) is 139 Å². The quantitative estimate of drug-likeness (QED) is 0.248. The number of nitrogens with two attached hydrogens (primary N) is 1. The average molecular weight is 624 g/mol. The number of anilines is 1. The minimum Gasteiger partial charge on any atom is -0.483 e. The molecule has 4 aliphatic carbocycles. The third kappa shape index (κ3) is 5.31. The van der Waals surface area contributed by atoms with Crippen molar-refractivity contribution in [1.82, 2.24) is 0 Å². The van der Waals surface area contributed by atoms with Crippen LogP contribution in [0.1, 0.15) is 56.9 Å². The van der Waals surface area contributed by atoms with E-state index in [-0.39, 0.29) is 42.1 Å². The molecule has 8 nitrogen and oxygen atoms in total. The van der Waals surface area contributed by atoms with Gasteiger partial charge in [0, 0.05) is 22.6 Å². The van der Waals surface area contributed by atoms with Gasteiger partial charge in [0.2, 0.25) is 0 Å². The molecule has 45 heavy (non-hydrogen) atoms. The standard InChI is InChI=1S/C35H39F2NO7/c1-34-11-10-21(40)13-19(34)6-7-22-24-14-28(30(27(42)16-39)35(24,2)15-26(41)29(22)34)45-33(43)23-8-9-25(36)32(31(23)37)44-17-18-4-3-5-20(38)12-18/h3-5,8-13,22,24,26,28-30,33,39,41,43H,6-7,14-17,38H2,1-2H3/t22-,24?,26-,28+,29?,30-,33+,34-,35-/m0/s1. The number of ether oxygens (including phenoxy) is 2. The van der Waals surface area contributed by atoms with Crippen LogP contribution in [0.4, 0.5) is 14.5 Å². The second kappa shape index (κ2) is 11.7. The zero-order valence-electron chi connectivity index (χ0n) is 25.3. The van der Waals surface area contributed by atoms with Crippen LogP contribution in [-0.4, -0.2) is 45.7 Å². The maximum absolute atomic E-state index is 15.6. The number of hydrogen-bond acceptors (Lipinski definition) is 8. The molecule has 3 fully saturated rings. The first-order chi connectivity index (χ1) is 21.4. The lowest BCUT2D eigenvalue weighted by Gasteiger charge is -2.58. The third-order valence-electron chi connectivity index (χ3n) is 11.0. The Morgan fingerprint density at radius 2 is 1.98 bits per heavy atom. The van der Waals surface area contributed by atoms with Crippen LogP contribution < -0.4 is 10.5 Å². The SMILES string of the molecule is C[C@]12C=CC(=O)C=C1CC[C@@H]1C2[C@@H](O)C[C@@]2(C)C1C[C@@H](O[C@@H](O)c1ccc(F)c(OCc3cccc(N)c3)c1F)[C@@H]2C(=O)CO. The van der Waals surface area contributed by atoms with E-state index in [0.717, 1.165) is 17.7 Å². The zero-order chi connectivity index (χ0) is 32.3. The summed E-state index contributed by atoms with van der Waals surface area (Å²) in [7, 11) is 0. The molecule has 2 unspecified atom stereocenters. The minimum atomic E-state index is -1.87. The molecule has 240 valence electrons. The number of rotatable bonds is 8. The molecular formula is C35H39F2NO7. The van der Waals surface area contributed by atoms with Crippen LogP contribution in [0.15, 0.2) is 60.2 Å². The van der Waals surface area contributed by atoms with E-state index in [1.807, 2.05) is 19.9 Å². The summed E-state index contributed by atoms with van der Waals surface area (Å²) in [5, 5.41) is 32.8. The van der Waals surface area contributed by atoms with E-state index in [1.54, 1.807) is 36.4 Å². The van der Waals surface area contributed by atoms with Crippen molar-refractivity contribution < 1.29 is 43.2 Å². The highest BCUT2D eigenvalue weighted by molar-refractivity contribution is 6.01. The summed E-state index contributed by atoms with van der Waals surface area (Å²) in [6.07, 6.45) is 3.47. The lowest BCUT2D eigenvalue weighted by molar-refractivity contribution is -0.168. The van der Waals surface area contributed by atoms with Gasteiger partial charge in [0.05, 0.1) is 18.1 Å². The number of aliphatic hydroxyl groups excluding tert-OH is 3. The maximum Gasteiger partial charge on any atom is 0.191 e. The number of fused-ring (bicyclic) bond motifs is 5. The van der Waals surface area contributed by atoms with E-state index in [1.165, 1.54) is 0 Å². The number of aliphatic hydroxyl groups is 3. The number of hydrogen-bond donors (Lipinski definition) is 4. The number of carbonyl (C=O) groups is 2. The Kier molecular flexibility index (Phi) is 8.22. The van der Waals surface area contributed by atoms with E-state index >= 15 is 4.39 Å². The summed E-state index contributed by atoms with van der Waals surface area (Å²) in [5.74, 6) is -4.58. The number of allylic oxidation sites excluding steroid dienone is 4. The van der Waals surface area contributed by atoms with Crippen molar-refractivity contribution in [2.75, 3.05) is 12.3 Å². The van der Waals surface area contributed by atoms with Gasteiger partial charge in [-0.15, -0.1) is 0 Å². The van der Waals surface area contributed by atoms with Crippen LogP contribution in [0.25, 0.3) is 0 Å². The zero-order valence-corrected chi connectivity index (χ0v) is 25.3. The van der Waals surface area contributed by atoms with Gasteiger partial charge in [0.15, 0.2) is 35.2 Å². The Morgan fingerprint density at radius 3 is 2.71 bits per heavy atom. The second-order valence-electron chi connectivity index (χ2n) is 13.5. The largest absolute Gasteiger partial charge is 0.483 e. The van der Waals surface area contributed by atoms with Crippen molar-refractivity contribution in [3.05, 3.63) is 83.0 Å². The smallest absolute Gasteiger partial charge is 0.191 e. The summed E-state index contributed by atoms with van der Waals surface area (Å²) in [5.41, 5.74) is 6.18. The van der Waals surface area contributed by atoms with E-state index in [9.17, 15) is 29.3 Å². The van der Waals surface area contributed by atoms with Gasteiger partial charge in [-0.3, -0.25) is 9.59 Å². The number of nitrogen functional groups attached to an aromatic ring is 1. The molecular weight excluding hydrogens is 584 g/mol. The van der Waals surface area contributed by atoms with Gasteiger partial charge < -0.3 is 30.5 Å². The number of ketones is 2. The summed E-state index contributed by atoms with van der Waals surface area (Å²) >= 11 is 0. The van der Waals surface area contributed by atoms with Gasteiger partial charge in [0.25, 0.3) is 0 Å². The summed E-state index contributed by atoms with van der Waals surface area (Å²) in [4.78, 5) is 25.4. The Morgan fingerprint density at radius 1 is 1.20 bits per heavy atom. The van der Waals surface area contributed by atoms with E-state index in [2.05, 4.69) is 0 Å². The van der Waals surface area contributed by atoms with Crippen LogP contribution in [0, 0.1) is 46.1 Å². The van der Waals surface area contributed by atoms with Gasteiger partial charge in [-0.2, -0.15) is 0 Å². The number of benzene rings is 2. The fourth-order valence-electron chi connectivity index (χ4n) is 9.07. The molecule has 0 radical (unpaired) electrons. The lowest BCUT2D eigenvalue weighted by atomic mass is 9.46. The number of Topliss-reactive ketones (excluding diaryl/α,β-unsaturated/α-hetero) is 1. The maximum atomic E-state index is 15.6. The van der Waals surface area contributed by atoms with Crippen molar-refractivity contribution >= 4 is 17.3 Å². The molecule has 4 aliphatic rings. The number of halogens is 2. The van der Waals surface area contributed by atoms with E-state index in [4.69, 9.17) is 15.2 Å². The first-order valence-electron chi connectivity index (χ1n) is 15.4. The summed E-state index contributed by atoms with van der Waals surface area (Å²) < 4.78 is 41.8. The normalized spacial score (nSPS) is 34.4. The molecule has 0 amide bonds. The average Bonchev–Trinajstić information content (AvgIpc) is 3.27. The van der Waals surface area contributed by atoms with Crippen LogP contribution in [-0.2, 0) is 20.9 Å². The molecule has 2 aromatic carbocycles. The van der Waals surface area contributed by atoms with Crippen LogP contribution in [0.2, 0.25) is 0 Å². The summed E-state index contributed by atoms with van der Waals surface area (Å²) in [6.45, 7) is 3.03. The molecule has 6 rings (SSSR count). The van der Waals surface area contributed by atoms with Gasteiger partial charge >= 0.3 is 0 Å². The summed E-state index contributed by atoms with van der Waals surface area (Å²) in [6, 6.07) is 8.72. The molecule has 5 N–H and O–H groups in total. The monoisotopic (exact) mass is 623 g/mol. The molecule has 0 saturated heterocycles. The van der Waals surface area contributed by atoms with Crippen molar-refractivity contribution in [2.24, 2.45) is 34.5 Å². The number of carbonyl (C=O) groups excluding carboxylic acids is 2. The highest BCUT2D eigenvalue weighted by atomic mass is 19.1. The van der Waals surface area contributed by atoms with E-state index < -0.39 is 65.0 Å². The van der Waals surface area contributed by atoms with Gasteiger partial charge in [0.1, 0.15) is 13.2 Å². The lowest BCUT2D eigenvalue weighted by Crippen LogP contribution is -2.56. The fourth-order valence-corrected chi connectivity index (χ4v) is 9.07. The Hall–Kier alpha value is -3.44. The van der Waals surface area contributed by atoms with Crippen molar-refractivity contribution in [2.45, 2.75) is 64.6 Å². The van der Waals surface area contributed by atoms with Gasteiger partial charge in [-0.25, -0.2) is 8.78 Å². The third-order valence-corrected chi connectivity index (χ3v) is 11.0. The van der Waals surface area contributed by atoms with Crippen molar-refractivity contribution in [1.29, 1.82) is 0 Å². The second-order valence-corrected chi connectivity index (χ2v) is 13.5. The first kappa shape index (κ1) is 31.5. The predicted octanol–water partition coefficient (Wildman–Crippen LogP) is 4.57. The first-order valence-corrected chi connectivity index (χ1v) is 15.4. The van der Waals surface area contributed by atoms with Gasteiger partial charge in [-0.05, 0) is 84.9 Å². The molecule has 0 aliphatic heterocycles. The molecule has 0 aromatic heterocycles. The Balaban J connectivity index is 1.27. The van der Waals surface area contributed by atoms with Crippen molar-refractivity contribution in [3.63, 3.8) is 0 Å². The highest BCUT2D eigenvalue weighted by Crippen LogP contribution is 2.66. The van der Waals surface area contributed by atoms with Gasteiger partial charge in [-0.1, -0.05) is 37.6 Å². The predicted molar refractivity (Wildman–Crippen MR) is 160 cm³/mol. The molecule has 3 saturated carbocycles. The molecule has 0 spiro atoms. The molecule has 2 aromatic rings. The van der Waals surface area contributed by atoms with E-state index in [0.29, 0.717) is 30.5 Å². The molecule has 0 heterocycles. The minimum absolute atomic E-state index is 0.0342. The Bertz CT molecular complexity index is 1570. The van der Waals surface area contributed by atoms with Crippen LogP contribution >= 0.6 is 0 Å². The molecule has 0 bridgehead atoms. The molecule has 9 atom stereocenters. The fraction of sp³-hybridized carbons (Fsp3) is 0.486. The molecule has 10 heteroatoms. The van der Waals surface area contributed by atoms with Crippen LogP contribution in [0.3, 0.4) is 0 Å². The highest BCUT2D eigenvalue weighted by Gasteiger charge is 2.65. The van der Waals surface area contributed by atoms with Crippen molar-refractivity contribution in [3.8, 4) is 5.75 Å².